The summed E-state index contributed by atoms with van der Waals surface area (Å²) in [6.07, 6.45) is 0. The van der Waals surface area contributed by atoms with Gasteiger partial charge in [-0.1, -0.05) is 23.9 Å². The molecule has 0 aliphatic heterocycles. The molecule has 0 saturated carbocycles. The monoisotopic (exact) mass is 295 g/mol. The van der Waals surface area contributed by atoms with Crippen molar-refractivity contribution in [2.75, 3.05) is 0 Å². The molecule has 0 unspecified atom stereocenters. The molecule has 1 aromatic carbocycles. The fraction of sp³-hybridized carbons (Fsp3) is 0.250. The topological polar surface area (TPSA) is 101 Å². The highest BCUT2D eigenvalue weighted by Gasteiger charge is 2.10. The molecular weight excluding hydrogens is 281 g/mol. The van der Waals surface area contributed by atoms with Crippen molar-refractivity contribution in [1.82, 2.24) is 14.8 Å². The van der Waals surface area contributed by atoms with Crippen molar-refractivity contribution in [1.29, 1.82) is 5.41 Å². The minimum atomic E-state index is -0.425. The molecule has 0 amide bonds. The van der Waals surface area contributed by atoms with Crippen molar-refractivity contribution in [3.05, 3.63) is 45.6 Å². The van der Waals surface area contributed by atoms with Gasteiger partial charge in [0, 0.05) is 17.9 Å². The van der Waals surface area contributed by atoms with Crippen LogP contribution in [0.25, 0.3) is 0 Å². The Balaban J connectivity index is 2.15. The third-order valence-electron chi connectivity index (χ3n) is 2.76. The minimum absolute atomic E-state index is 0.171. The first-order valence-electron chi connectivity index (χ1n) is 5.93. The molecule has 20 heavy (non-hydrogen) atoms. The number of nitrogens with two attached hydrogens (primary N) is 1. The van der Waals surface area contributed by atoms with Crippen LogP contribution in [-0.2, 0) is 12.3 Å². The summed E-state index contributed by atoms with van der Waals surface area (Å²) in [7, 11) is 0. The van der Waals surface area contributed by atoms with E-state index in [0.29, 0.717) is 28.6 Å². The highest BCUT2D eigenvalue weighted by Crippen LogP contribution is 2.22. The maximum Gasteiger partial charge on any atom is 0.343 e. The predicted octanol–water partition coefficient (Wildman–Crippen LogP) is 1.31. The van der Waals surface area contributed by atoms with E-state index >= 15 is 0 Å². The quantitative estimate of drug-likeness (QED) is 0.440. The highest BCUT2D eigenvalue weighted by molar-refractivity contribution is 7.98. The van der Waals surface area contributed by atoms with Crippen molar-refractivity contribution < 1.29 is 4.39 Å². The molecule has 2 rings (SSSR count). The van der Waals surface area contributed by atoms with E-state index in [1.54, 1.807) is 12.1 Å². The molecule has 0 bridgehead atoms. The van der Waals surface area contributed by atoms with Gasteiger partial charge in [-0.05, 0) is 18.6 Å². The number of hydrogen-bond acceptors (Lipinski definition) is 4. The van der Waals surface area contributed by atoms with Crippen LogP contribution in [0.1, 0.15) is 18.1 Å². The van der Waals surface area contributed by atoms with E-state index in [0.717, 1.165) is 0 Å². The molecule has 2 aromatic rings. The average molecular weight is 295 g/mol. The summed E-state index contributed by atoms with van der Waals surface area (Å²) in [5.74, 6) is -0.254. The van der Waals surface area contributed by atoms with E-state index in [1.807, 2.05) is 6.92 Å². The molecule has 0 aliphatic rings. The van der Waals surface area contributed by atoms with E-state index in [2.05, 4.69) is 10.2 Å². The van der Waals surface area contributed by atoms with Gasteiger partial charge in [0.05, 0.1) is 0 Å². The molecule has 0 spiro atoms. The van der Waals surface area contributed by atoms with Crippen LogP contribution >= 0.6 is 11.8 Å². The van der Waals surface area contributed by atoms with Gasteiger partial charge < -0.3 is 5.73 Å². The van der Waals surface area contributed by atoms with Crippen molar-refractivity contribution in [2.45, 2.75) is 24.4 Å². The largest absolute Gasteiger partial charge is 0.384 e. The van der Waals surface area contributed by atoms with Gasteiger partial charge in [-0.2, -0.15) is 0 Å². The lowest BCUT2D eigenvalue weighted by Gasteiger charge is -2.05. The first-order valence-corrected chi connectivity index (χ1v) is 6.92. The number of aromatic nitrogens is 3. The normalized spacial score (nSPS) is 10.7. The molecule has 6 nitrogen and oxygen atoms in total. The van der Waals surface area contributed by atoms with E-state index in [9.17, 15) is 9.18 Å². The number of aromatic amines is 1. The number of hydrogen-bond donors (Lipinski definition) is 3. The summed E-state index contributed by atoms with van der Waals surface area (Å²) in [6, 6.07) is 4.41. The van der Waals surface area contributed by atoms with Crippen LogP contribution in [0.3, 0.4) is 0 Å². The van der Waals surface area contributed by atoms with Gasteiger partial charge in [0.15, 0.2) is 5.16 Å². The van der Waals surface area contributed by atoms with Crippen LogP contribution in [0.5, 0.6) is 0 Å². The number of amidine groups is 1. The van der Waals surface area contributed by atoms with Gasteiger partial charge in [0.1, 0.15) is 11.7 Å². The molecule has 0 atom stereocenters. The fourth-order valence-electron chi connectivity index (χ4n) is 1.67. The molecule has 1 aromatic heterocycles. The van der Waals surface area contributed by atoms with Gasteiger partial charge in [-0.25, -0.2) is 14.3 Å². The summed E-state index contributed by atoms with van der Waals surface area (Å²) in [5, 5.41) is 14.0. The second kappa shape index (κ2) is 5.91. The van der Waals surface area contributed by atoms with Gasteiger partial charge in [0.2, 0.25) is 0 Å². The van der Waals surface area contributed by atoms with Crippen LogP contribution in [-0.4, -0.2) is 20.6 Å². The molecule has 106 valence electrons. The van der Waals surface area contributed by atoms with Gasteiger partial charge in [0.25, 0.3) is 0 Å². The van der Waals surface area contributed by atoms with Gasteiger partial charge in [-0.3, -0.25) is 9.98 Å². The first kappa shape index (κ1) is 14.3. The van der Waals surface area contributed by atoms with Crippen LogP contribution in [0.2, 0.25) is 0 Å². The zero-order chi connectivity index (χ0) is 14.7. The van der Waals surface area contributed by atoms with Gasteiger partial charge >= 0.3 is 5.69 Å². The number of thioether (sulfide) groups is 1. The summed E-state index contributed by atoms with van der Waals surface area (Å²) in [6.45, 7) is 2.34. The third-order valence-corrected chi connectivity index (χ3v) is 3.79. The zero-order valence-corrected chi connectivity index (χ0v) is 11.6. The Bertz CT molecular complexity index is 693. The molecule has 8 heteroatoms. The maximum absolute atomic E-state index is 13.8. The number of H-pyrrole nitrogens is 1. The summed E-state index contributed by atoms with van der Waals surface area (Å²) in [4.78, 5) is 11.4. The van der Waals surface area contributed by atoms with Crippen LogP contribution in [0.4, 0.5) is 4.39 Å². The SMILES string of the molecule is CCn1c(SCc2ccc(C(=N)N)cc2F)n[nH]c1=O. The number of halogens is 1. The Morgan fingerprint density at radius 2 is 2.35 bits per heavy atom. The second-order valence-electron chi connectivity index (χ2n) is 4.06. The van der Waals surface area contributed by atoms with Crippen LogP contribution in [0.15, 0.2) is 28.2 Å². The minimum Gasteiger partial charge on any atom is -0.384 e. The second-order valence-corrected chi connectivity index (χ2v) is 5.01. The number of nitrogens with zero attached hydrogens (tertiary/aromatic N) is 2. The zero-order valence-electron chi connectivity index (χ0n) is 10.8. The Labute approximate surface area is 118 Å². The van der Waals surface area contributed by atoms with Crippen molar-refractivity contribution in [2.24, 2.45) is 5.73 Å². The molecule has 0 aliphatic carbocycles. The van der Waals surface area contributed by atoms with Crippen molar-refractivity contribution >= 4 is 17.6 Å². The Morgan fingerprint density at radius 1 is 1.60 bits per heavy atom. The van der Waals surface area contributed by atoms with E-state index in [4.69, 9.17) is 11.1 Å². The molecule has 1 heterocycles. The summed E-state index contributed by atoms with van der Waals surface area (Å²) in [5.41, 5.74) is 5.84. The van der Waals surface area contributed by atoms with Crippen LogP contribution in [0, 0.1) is 11.2 Å². The highest BCUT2D eigenvalue weighted by atomic mass is 32.2. The predicted molar refractivity (Wildman–Crippen MR) is 75.5 cm³/mol. The summed E-state index contributed by atoms with van der Waals surface area (Å²) < 4.78 is 15.3. The van der Waals surface area contributed by atoms with Crippen molar-refractivity contribution in [3.8, 4) is 0 Å². The Hall–Kier alpha value is -2.09. The smallest absolute Gasteiger partial charge is 0.343 e. The lowest BCUT2D eigenvalue weighted by molar-refractivity contribution is 0.616. The van der Waals surface area contributed by atoms with Gasteiger partial charge in [-0.15, -0.1) is 5.10 Å². The Morgan fingerprint density at radius 3 is 2.95 bits per heavy atom. The van der Waals surface area contributed by atoms with Crippen molar-refractivity contribution in [3.63, 3.8) is 0 Å². The molecule has 0 radical (unpaired) electrons. The van der Waals surface area contributed by atoms with Crippen LogP contribution < -0.4 is 11.4 Å². The maximum atomic E-state index is 13.8. The molecule has 0 saturated heterocycles. The summed E-state index contributed by atoms with van der Waals surface area (Å²) >= 11 is 1.27. The number of rotatable bonds is 5. The number of nitrogens with one attached hydrogen (secondary N) is 2. The number of nitrogen functional groups attached to an aromatic ring is 1. The average Bonchev–Trinajstić information content (AvgIpc) is 2.77. The molecular formula is C12H14FN5OS. The lowest BCUT2D eigenvalue weighted by Crippen LogP contribution is -2.16. The van der Waals surface area contributed by atoms with E-state index in [1.165, 1.54) is 22.4 Å². The Kier molecular flexibility index (Phi) is 4.23. The molecule has 0 fully saturated rings. The standard InChI is InChI=1S/C12H14FN5OS/c1-2-18-11(19)16-17-12(18)20-6-8-4-3-7(10(14)15)5-9(8)13/h3-5H,2,6H2,1H3,(H3,14,15)(H,16,19). The van der Waals surface area contributed by atoms with E-state index < -0.39 is 5.82 Å². The third kappa shape index (κ3) is 2.90. The van der Waals surface area contributed by atoms with E-state index in [-0.39, 0.29) is 11.5 Å². The lowest BCUT2D eigenvalue weighted by atomic mass is 10.1. The first-order chi connectivity index (χ1) is 9.52. The number of benzene rings is 1. The molecule has 4 N–H and O–H groups in total. The fourth-order valence-corrected chi connectivity index (χ4v) is 2.66.